The van der Waals surface area contributed by atoms with Gasteiger partial charge in [0.1, 0.15) is 5.82 Å². The van der Waals surface area contributed by atoms with Crippen LogP contribution >= 0.6 is 11.6 Å². The van der Waals surface area contributed by atoms with Crippen LogP contribution in [0.4, 0.5) is 4.39 Å². The van der Waals surface area contributed by atoms with E-state index in [-0.39, 0.29) is 5.82 Å². The molecule has 0 aromatic heterocycles. The second kappa shape index (κ2) is 5.67. The summed E-state index contributed by atoms with van der Waals surface area (Å²) in [6.45, 7) is 3.66. The molecule has 0 atom stereocenters. The van der Waals surface area contributed by atoms with Crippen LogP contribution < -0.4 is 0 Å². The number of allylic oxidation sites excluding steroid dienone is 1. The Morgan fingerprint density at radius 1 is 1.50 bits per heavy atom. The normalized spacial score (nSPS) is 11.9. The van der Waals surface area contributed by atoms with E-state index >= 15 is 0 Å². The highest BCUT2D eigenvalue weighted by Crippen LogP contribution is 2.26. The molecule has 0 aliphatic heterocycles. The highest BCUT2D eigenvalue weighted by atomic mass is 35.5. The predicted octanol–water partition coefficient (Wildman–Crippen LogP) is 4.41. The van der Waals surface area contributed by atoms with E-state index in [4.69, 9.17) is 16.9 Å². The lowest BCUT2D eigenvalue weighted by molar-refractivity contribution is 0.618. The molecule has 0 fully saturated rings. The lowest BCUT2D eigenvalue weighted by Gasteiger charge is -2.04. The fraction of sp³-hybridized carbons (Fsp3) is 0.308. The third-order valence-electron chi connectivity index (χ3n) is 2.33. The van der Waals surface area contributed by atoms with Crippen molar-refractivity contribution in [2.45, 2.75) is 26.7 Å². The first kappa shape index (κ1) is 12.7. The molecule has 1 nitrogen and oxygen atoms in total. The van der Waals surface area contributed by atoms with E-state index in [9.17, 15) is 4.39 Å². The average molecular weight is 238 g/mol. The van der Waals surface area contributed by atoms with Crippen molar-refractivity contribution in [2.24, 2.45) is 0 Å². The number of nitrogens with zero attached hydrogens (tertiary/aromatic N) is 1. The topological polar surface area (TPSA) is 23.8 Å². The molecule has 0 heterocycles. The summed E-state index contributed by atoms with van der Waals surface area (Å²) in [5.41, 5.74) is 1.64. The number of nitriles is 1. The first-order valence-electron chi connectivity index (χ1n) is 5.15. The lowest BCUT2D eigenvalue weighted by atomic mass is 10.1. The van der Waals surface area contributed by atoms with Crippen molar-refractivity contribution >= 4 is 16.6 Å². The van der Waals surface area contributed by atoms with Gasteiger partial charge in [-0.3, -0.25) is 0 Å². The van der Waals surface area contributed by atoms with Gasteiger partial charge in [-0.05, 0) is 30.5 Å². The Hall–Kier alpha value is -1.33. The van der Waals surface area contributed by atoms with Crippen LogP contribution in [0, 0.1) is 24.1 Å². The second-order valence-corrected chi connectivity index (χ2v) is 4.00. The summed E-state index contributed by atoms with van der Waals surface area (Å²) >= 11 is 6.07. The van der Waals surface area contributed by atoms with Gasteiger partial charge in [0.15, 0.2) is 0 Å². The van der Waals surface area contributed by atoms with Crippen LogP contribution in [0.2, 0.25) is 0 Å². The van der Waals surface area contributed by atoms with Gasteiger partial charge in [-0.25, -0.2) is 4.39 Å². The molecule has 0 N–H and O–H groups in total. The molecule has 0 bridgehead atoms. The Bertz CT molecular complexity index is 457. The van der Waals surface area contributed by atoms with Crippen molar-refractivity contribution < 1.29 is 4.39 Å². The van der Waals surface area contributed by atoms with Crippen LogP contribution in [0.3, 0.4) is 0 Å². The molecule has 1 rings (SSSR count). The maximum atomic E-state index is 13.3. The molecule has 0 amide bonds. The van der Waals surface area contributed by atoms with E-state index in [1.807, 2.05) is 6.92 Å². The van der Waals surface area contributed by atoms with Crippen LogP contribution in [0.25, 0.3) is 5.03 Å². The number of aryl methyl sites for hydroxylation is 1. The molecule has 0 saturated heterocycles. The first-order valence-corrected chi connectivity index (χ1v) is 5.53. The predicted molar refractivity (Wildman–Crippen MR) is 64.4 cm³/mol. The molecular weight excluding hydrogens is 225 g/mol. The molecule has 84 valence electrons. The Balaban J connectivity index is 3.17. The molecule has 0 unspecified atom stereocenters. The zero-order chi connectivity index (χ0) is 12.1. The molecule has 1 aromatic rings. The van der Waals surface area contributed by atoms with Gasteiger partial charge in [0, 0.05) is 5.57 Å². The molecule has 0 radical (unpaired) electrons. The third kappa shape index (κ3) is 2.84. The van der Waals surface area contributed by atoms with Gasteiger partial charge in [-0.2, -0.15) is 5.26 Å². The van der Waals surface area contributed by atoms with Crippen molar-refractivity contribution in [1.82, 2.24) is 0 Å². The summed E-state index contributed by atoms with van der Waals surface area (Å²) in [4.78, 5) is 0. The van der Waals surface area contributed by atoms with E-state index < -0.39 is 0 Å². The number of hydrogen-bond acceptors (Lipinski definition) is 1. The maximum absolute atomic E-state index is 13.3. The molecule has 0 spiro atoms. The summed E-state index contributed by atoms with van der Waals surface area (Å²) in [7, 11) is 0. The molecule has 3 heteroatoms. The smallest absolute Gasteiger partial charge is 0.126 e. The van der Waals surface area contributed by atoms with Gasteiger partial charge in [0.25, 0.3) is 0 Å². The molecule has 16 heavy (non-hydrogen) atoms. The van der Waals surface area contributed by atoms with E-state index in [0.717, 1.165) is 6.42 Å². The Labute approximate surface area is 100 Å². The van der Waals surface area contributed by atoms with Gasteiger partial charge in [0.2, 0.25) is 0 Å². The number of halogens is 2. The SMILES string of the molecule is CCCC(C#N)=C(Cl)c1ccc(C)c(F)c1. The molecule has 0 aliphatic carbocycles. The van der Waals surface area contributed by atoms with Crippen molar-refractivity contribution in [3.8, 4) is 6.07 Å². The number of benzene rings is 1. The number of rotatable bonds is 3. The van der Waals surface area contributed by atoms with Crippen molar-refractivity contribution in [3.63, 3.8) is 0 Å². The molecule has 0 aliphatic rings. The average Bonchev–Trinajstić information content (AvgIpc) is 2.28. The van der Waals surface area contributed by atoms with Crippen molar-refractivity contribution in [2.75, 3.05) is 0 Å². The van der Waals surface area contributed by atoms with Gasteiger partial charge < -0.3 is 0 Å². The highest BCUT2D eigenvalue weighted by molar-refractivity contribution is 6.49. The van der Waals surface area contributed by atoms with Crippen molar-refractivity contribution in [1.29, 1.82) is 5.26 Å². The minimum Gasteiger partial charge on any atom is -0.207 e. The first-order chi connectivity index (χ1) is 7.60. The fourth-order valence-electron chi connectivity index (χ4n) is 1.37. The standard InChI is InChI=1S/C13H13ClFN/c1-3-4-11(8-16)13(14)10-6-5-9(2)12(15)7-10/h5-7H,3-4H2,1-2H3. The van der Waals surface area contributed by atoms with Crippen LogP contribution in [-0.4, -0.2) is 0 Å². The largest absolute Gasteiger partial charge is 0.207 e. The van der Waals surface area contributed by atoms with Crippen LogP contribution in [-0.2, 0) is 0 Å². The van der Waals surface area contributed by atoms with E-state index in [2.05, 4.69) is 6.07 Å². The van der Waals surface area contributed by atoms with Gasteiger partial charge in [-0.1, -0.05) is 37.1 Å². The zero-order valence-corrected chi connectivity index (χ0v) is 10.1. The summed E-state index contributed by atoms with van der Waals surface area (Å²) in [5, 5.41) is 9.28. The Morgan fingerprint density at radius 2 is 2.19 bits per heavy atom. The van der Waals surface area contributed by atoms with E-state index in [1.54, 1.807) is 19.1 Å². The summed E-state index contributed by atoms with van der Waals surface area (Å²) in [6, 6.07) is 6.82. The van der Waals surface area contributed by atoms with Gasteiger partial charge >= 0.3 is 0 Å². The zero-order valence-electron chi connectivity index (χ0n) is 9.35. The van der Waals surface area contributed by atoms with Gasteiger partial charge in [0.05, 0.1) is 11.1 Å². The maximum Gasteiger partial charge on any atom is 0.126 e. The second-order valence-electron chi connectivity index (χ2n) is 3.62. The summed E-state index contributed by atoms with van der Waals surface area (Å²) < 4.78 is 13.3. The minimum atomic E-state index is -0.301. The molecule has 0 saturated carbocycles. The Morgan fingerprint density at radius 3 is 2.69 bits per heavy atom. The van der Waals surface area contributed by atoms with Crippen LogP contribution in [0.15, 0.2) is 23.8 Å². The van der Waals surface area contributed by atoms with Crippen molar-refractivity contribution in [3.05, 3.63) is 40.7 Å². The molecule has 1 aromatic carbocycles. The van der Waals surface area contributed by atoms with Gasteiger partial charge in [-0.15, -0.1) is 0 Å². The monoisotopic (exact) mass is 237 g/mol. The fourth-order valence-corrected chi connectivity index (χ4v) is 1.62. The Kier molecular flexibility index (Phi) is 4.52. The third-order valence-corrected chi connectivity index (χ3v) is 2.77. The molecular formula is C13H13ClFN. The number of hydrogen-bond donors (Lipinski definition) is 0. The van der Waals surface area contributed by atoms with Crippen LogP contribution in [0.5, 0.6) is 0 Å². The quantitative estimate of drug-likeness (QED) is 0.715. The summed E-state index contributed by atoms with van der Waals surface area (Å²) in [5.74, 6) is -0.301. The van der Waals surface area contributed by atoms with Crippen LogP contribution in [0.1, 0.15) is 30.9 Å². The summed E-state index contributed by atoms with van der Waals surface area (Å²) in [6.07, 6.45) is 1.46. The lowest BCUT2D eigenvalue weighted by Crippen LogP contribution is -1.88. The highest BCUT2D eigenvalue weighted by Gasteiger charge is 2.08. The van der Waals surface area contributed by atoms with E-state index in [0.29, 0.717) is 28.2 Å². The minimum absolute atomic E-state index is 0.301. The van der Waals surface area contributed by atoms with E-state index in [1.165, 1.54) is 6.07 Å².